The lowest BCUT2D eigenvalue weighted by molar-refractivity contribution is 0.0964. The molecule has 0 fully saturated rings. The van der Waals surface area contributed by atoms with E-state index in [0.29, 0.717) is 24.6 Å². The van der Waals surface area contributed by atoms with E-state index in [1.807, 2.05) is 38.1 Å². The Morgan fingerprint density at radius 1 is 1.12 bits per heavy atom. The van der Waals surface area contributed by atoms with Crippen LogP contribution < -0.4 is 15.4 Å². The standard InChI is InChI=1S/C26H28N6O2/c1-5-34-26-16(2)11-18(14-30-26)22-12-23(32-15-31-22)29-13-17(3)19-7-6-8-20-21(25(33)27-4)9-10-28-24(19)20/h6-12,14-15,17H,5,13H2,1-4H3,(H,27,33)(H,29,31,32)/t17-/m1/s1. The molecule has 0 unspecified atom stereocenters. The maximum absolute atomic E-state index is 12.3. The Kier molecular flexibility index (Phi) is 6.96. The molecule has 174 valence electrons. The first-order chi connectivity index (χ1) is 16.5. The van der Waals surface area contributed by atoms with Crippen LogP contribution in [0.5, 0.6) is 5.88 Å². The highest BCUT2D eigenvalue weighted by molar-refractivity contribution is 6.06. The topological polar surface area (TPSA) is 102 Å². The number of hydrogen-bond acceptors (Lipinski definition) is 7. The average molecular weight is 457 g/mol. The molecular formula is C26H28N6O2. The number of amides is 1. The van der Waals surface area contributed by atoms with E-state index in [4.69, 9.17) is 4.74 Å². The molecule has 4 rings (SSSR count). The summed E-state index contributed by atoms with van der Waals surface area (Å²) in [5, 5.41) is 6.95. The summed E-state index contributed by atoms with van der Waals surface area (Å²) in [5.41, 5.74) is 5.16. The molecule has 0 aliphatic heterocycles. The summed E-state index contributed by atoms with van der Waals surface area (Å²) in [4.78, 5) is 30.0. The van der Waals surface area contributed by atoms with Gasteiger partial charge in [0, 0.05) is 54.5 Å². The molecule has 1 atom stereocenters. The lowest BCUT2D eigenvalue weighted by atomic mass is 9.96. The Bertz CT molecular complexity index is 1320. The number of ether oxygens (including phenoxy) is 1. The molecule has 0 aliphatic rings. The van der Waals surface area contributed by atoms with Crippen LogP contribution in [0.25, 0.3) is 22.2 Å². The van der Waals surface area contributed by atoms with Gasteiger partial charge in [0.05, 0.1) is 23.4 Å². The molecule has 34 heavy (non-hydrogen) atoms. The van der Waals surface area contributed by atoms with Crippen molar-refractivity contribution >= 4 is 22.6 Å². The maximum Gasteiger partial charge on any atom is 0.251 e. The molecule has 0 bridgehead atoms. The molecular weight excluding hydrogens is 428 g/mol. The zero-order valence-corrected chi connectivity index (χ0v) is 19.8. The first-order valence-corrected chi connectivity index (χ1v) is 11.3. The average Bonchev–Trinajstić information content (AvgIpc) is 2.87. The van der Waals surface area contributed by atoms with Crippen LogP contribution in [0.3, 0.4) is 0 Å². The molecule has 0 aliphatic carbocycles. The van der Waals surface area contributed by atoms with Gasteiger partial charge in [-0.25, -0.2) is 15.0 Å². The van der Waals surface area contributed by atoms with Crippen LogP contribution in [-0.2, 0) is 0 Å². The quantitative estimate of drug-likeness (QED) is 0.406. The Hall–Kier alpha value is -4.07. The number of rotatable bonds is 8. The summed E-state index contributed by atoms with van der Waals surface area (Å²) in [6.45, 7) is 7.25. The van der Waals surface area contributed by atoms with Crippen LogP contribution in [0.4, 0.5) is 5.82 Å². The number of aryl methyl sites for hydroxylation is 1. The predicted octanol–water partition coefficient (Wildman–Crippen LogP) is 4.37. The van der Waals surface area contributed by atoms with Crippen LogP contribution in [-0.4, -0.2) is 46.0 Å². The highest BCUT2D eigenvalue weighted by atomic mass is 16.5. The predicted molar refractivity (Wildman–Crippen MR) is 133 cm³/mol. The Labute approximate surface area is 198 Å². The molecule has 0 radical (unpaired) electrons. The minimum atomic E-state index is -0.122. The number of para-hydroxylation sites is 1. The van der Waals surface area contributed by atoms with Gasteiger partial charge in [-0.3, -0.25) is 9.78 Å². The molecule has 0 saturated heterocycles. The fraction of sp³-hybridized carbons (Fsp3) is 0.269. The van der Waals surface area contributed by atoms with Crippen LogP contribution in [0, 0.1) is 6.92 Å². The number of pyridine rings is 2. The lowest BCUT2D eigenvalue weighted by Gasteiger charge is -2.16. The van der Waals surface area contributed by atoms with Gasteiger partial charge in [-0.2, -0.15) is 0 Å². The number of nitrogens with zero attached hydrogens (tertiary/aromatic N) is 4. The summed E-state index contributed by atoms with van der Waals surface area (Å²) in [7, 11) is 1.63. The molecule has 3 heterocycles. The number of anilines is 1. The summed E-state index contributed by atoms with van der Waals surface area (Å²) in [6, 6.07) is 11.6. The third-order valence-electron chi connectivity index (χ3n) is 5.67. The van der Waals surface area contributed by atoms with Gasteiger partial charge < -0.3 is 15.4 Å². The smallest absolute Gasteiger partial charge is 0.251 e. The third-order valence-corrected chi connectivity index (χ3v) is 5.67. The zero-order valence-electron chi connectivity index (χ0n) is 19.8. The number of benzene rings is 1. The number of nitrogens with one attached hydrogen (secondary N) is 2. The molecule has 3 aromatic heterocycles. The van der Waals surface area contributed by atoms with Gasteiger partial charge >= 0.3 is 0 Å². The molecule has 0 spiro atoms. The van der Waals surface area contributed by atoms with Gasteiger partial charge in [0.2, 0.25) is 5.88 Å². The highest BCUT2D eigenvalue weighted by Gasteiger charge is 2.15. The van der Waals surface area contributed by atoms with Crippen LogP contribution in [0.2, 0.25) is 0 Å². The summed E-state index contributed by atoms with van der Waals surface area (Å²) >= 11 is 0. The van der Waals surface area contributed by atoms with Gasteiger partial charge in [0.25, 0.3) is 5.91 Å². The third kappa shape index (κ3) is 4.80. The van der Waals surface area contributed by atoms with E-state index in [2.05, 4.69) is 43.6 Å². The Morgan fingerprint density at radius 2 is 1.97 bits per heavy atom. The van der Waals surface area contributed by atoms with Gasteiger partial charge in [-0.15, -0.1) is 0 Å². The molecule has 2 N–H and O–H groups in total. The van der Waals surface area contributed by atoms with Crippen molar-refractivity contribution in [1.82, 2.24) is 25.3 Å². The number of aromatic nitrogens is 4. The fourth-order valence-corrected chi connectivity index (χ4v) is 3.90. The summed E-state index contributed by atoms with van der Waals surface area (Å²) < 4.78 is 5.53. The Morgan fingerprint density at radius 3 is 2.74 bits per heavy atom. The Balaban J connectivity index is 1.53. The fourth-order valence-electron chi connectivity index (χ4n) is 3.90. The zero-order chi connectivity index (χ0) is 24.1. The second kappa shape index (κ2) is 10.2. The highest BCUT2D eigenvalue weighted by Crippen LogP contribution is 2.27. The number of carbonyl (C=O) groups excluding carboxylic acids is 1. The minimum Gasteiger partial charge on any atom is -0.478 e. The van der Waals surface area contributed by atoms with Gasteiger partial charge in [0.1, 0.15) is 12.1 Å². The van der Waals surface area contributed by atoms with Crippen molar-refractivity contribution < 1.29 is 9.53 Å². The molecule has 0 saturated carbocycles. The minimum absolute atomic E-state index is 0.122. The van der Waals surface area contributed by atoms with Crippen LogP contribution in [0.1, 0.15) is 41.3 Å². The lowest BCUT2D eigenvalue weighted by Crippen LogP contribution is -2.18. The molecule has 8 heteroatoms. The monoisotopic (exact) mass is 456 g/mol. The van der Waals surface area contributed by atoms with Crippen molar-refractivity contribution in [2.45, 2.75) is 26.7 Å². The number of fused-ring (bicyclic) bond motifs is 1. The summed E-state index contributed by atoms with van der Waals surface area (Å²) in [5.74, 6) is 1.37. The van der Waals surface area contributed by atoms with E-state index < -0.39 is 0 Å². The summed E-state index contributed by atoms with van der Waals surface area (Å²) in [6.07, 6.45) is 4.99. The first-order valence-electron chi connectivity index (χ1n) is 11.3. The molecule has 8 nitrogen and oxygen atoms in total. The largest absolute Gasteiger partial charge is 0.478 e. The van der Waals surface area contributed by atoms with Crippen molar-refractivity contribution in [1.29, 1.82) is 0 Å². The van der Waals surface area contributed by atoms with Crippen molar-refractivity contribution in [3.63, 3.8) is 0 Å². The number of carbonyl (C=O) groups is 1. The van der Waals surface area contributed by atoms with E-state index in [-0.39, 0.29) is 11.8 Å². The number of hydrogen-bond donors (Lipinski definition) is 2. The maximum atomic E-state index is 12.3. The van der Waals surface area contributed by atoms with E-state index in [9.17, 15) is 4.79 Å². The molecule has 1 amide bonds. The van der Waals surface area contributed by atoms with E-state index >= 15 is 0 Å². The van der Waals surface area contributed by atoms with E-state index in [0.717, 1.165) is 39.1 Å². The normalized spacial score (nSPS) is 11.8. The molecule has 1 aromatic carbocycles. The van der Waals surface area contributed by atoms with Crippen molar-refractivity contribution in [2.75, 3.05) is 25.5 Å². The van der Waals surface area contributed by atoms with E-state index in [1.54, 1.807) is 31.8 Å². The van der Waals surface area contributed by atoms with Gasteiger partial charge in [-0.1, -0.05) is 25.1 Å². The first kappa shape index (κ1) is 23.1. The van der Waals surface area contributed by atoms with Crippen molar-refractivity contribution in [3.05, 3.63) is 71.8 Å². The van der Waals surface area contributed by atoms with Crippen molar-refractivity contribution in [2.24, 2.45) is 0 Å². The molecule has 4 aromatic rings. The van der Waals surface area contributed by atoms with Crippen LogP contribution in [0.15, 0.2) is 55.1 Å². The van der Waals surface area contributed by atoms with Crippen LogP contribution >= 0.6 is 0 Å². The van der Waals surface area contributed by atoms with E-state index in [1.165, 1.54) is 0 Å². The second-order valence-electron chi connectivity index (χ2n) is 8.03. The van der Waals surface area contributed by atoms with Gasteiger partial charge in [-0.05, 0) is 31.5 Å². The SMILES string of the molecule is CCOc1ncc(-c2cc(NC[C@@H](C)c3cccc4c(C(=O)NC)ccnc34)ncn2)cc1C. The second-order valence-corrected chi connectivity index (χ2v) is 8.03. The van der Waals surface area contributed by atoms with Crippen molar-refractivity contribution in [3.8, 4) is 17.1 Å². The van der Waals surface area contributed by atoms with Gasteiger partial charge in [0.15, 0.2) is 0 Å².